The van der Waals surface area contributed by atoms with Crippen molar-refractivity contribution < 1.29 is 19.4 Å². The molecule has 1 aliphatic heterocycles. The van der Waals surface area contributed by atoms with Crippen molar-refractivity contribution in [2.24, 2.45) is 0 Å². The van der Waals surface area contributed by atoms with Crippen molar-refractivity contribution >= 4 is 5.97 Å². The molecule has 12 heavy (non-hydrogen) atoms. The number of hydrogen-bond acceptors (Lipinski definition) is 4. The van der Waals surface area contributed by atoms with Gasteiger partial charge >= 0.3 is 5.97 Å². The summed E-state index contributed by atoms with van der Waals surface area (Å²) >= 11 is 0. The van der Waals surface area contributed by atoms with Gasteiger partial charge in [-0.05, 0) is 6.92 Å². The first-order chi connectivity index (χ1) is 5.66. The molecule has 0 aromatic rings. The molecule has 1 aliphatic rings. The third-order valence-corrected chi connectivity index (χ3v) is 1.86. The summed E-state index contributed by atoms with van der Waals surface area (Å²) in [5.74, 6) is -0.356. The normalized spacial score (nSPS) is 28.8. The molecule has 1 unspecified atom stereocenters. The van der Waals surface area contributed by atoms with Gasteiger partial charge in [0.1, 0.15) is 5.60 Å². The van der Waals surface area contributed by atoms with Crippen LogP contribution in [0, 0.1) is 0 Å². The molecule has 4 nitrogen and oxygen atoms in total. The minimum atomic E-state index is -0.980. The van der Waals surface area contributed by atoms with Crippen LogP contribution in [0.25, 0.3) is 0 Å². The lowest BCUT2D eigenvalue weighted by Gasteiger charge is -2.18. The lowest BCUT2D eigenvalue weighted by atomic mass is 9.99. The Bertz CT molecular complexity index is 160. The Hall–Kier alpha value is -0.610. The smallest absolute Gasteiger partial charge is 0.308 e. The van der Waals surface area contributed by atoms with Crippen molar-refractivity contribution in [2.45, 2.75) is 25.4 Å². The molecule has 0 saturated carbocycles. The first kappa shape index (κ1) is 9.48. The van der Waals surface area contributed by atoms with E-state index >= 15 is 0 Å². The zero-order valence-electron chi connectivity index (χ0n) is 7.21. The molecular weight excluding hydrogens is 160 g/mol. The van der Waals surface area contributed by atoms with Gasteiger partial charge in [-0.1, -0.05) is 0 Å². The van der Waals surface area contributed by atoms with Gasteiger partial charge in [-0.2, -0.15) is 0 Å². The van der Waals surface area contributed by atoms with E-state index in [2.05, 4.69) is 0 Å². The van der Waals surface area contributed by atoms with Crippen LogP contribution in [0.5, 0.6) is 0 Å². The van der Waals surface area contributed by atoms with E-state index < -0.39 is 5.60 Å². The van der Waals surface area contributed by atoms with Crippen LogP contribution in [0.4, 0.5) is 0 Å². The second-order valence-electron chi connectivity index (χ2n) is 3.01. The Labute approximate surface area is 71.5 Å². The maximum Gasteiger partial charge on any atom is 0.308 e. The fraction of sp³-hybridized carbons (Fsp3) is 0.875. The van der Waals surface area contributed by atoms with Gasteiger partial charge in [0.05, 0.1) is 19.6 Å². The van der Waals surface area contributed by atoms with Crippen LogP contribution in [0.3, 0.4) is 0 Å². The van der Waals surface area contributed by atoms with Crippen molar-refractivity contribution in [3.8, 4) is 0 Å². The molecule has 70 valence electrons. The van der Waals surface area contributed by atoms with Crippen LogP contribution in [0.1, 0.15) is 19.8 Å². The highest BCUT2D eigenvalue weighted by Crippen LogP contribution is 2.22. The number of hydrogen-bond donors (Lipinski definition) is 1. The molecule has 0 aromatic carbocycles. The minimum absolute atomic E-state index is 0.0425. The van der Waals surface area contributed by atoms with E-state index in [0.29, 0.717) is 19.6 Å². The number of ether oxygens (including phenoxy) is 2. The van der Waals surface area contributed by atoms with Gasteiger partial charge in [0.25, 0.3) is 0 Å². The van der Waals surface area contributed by atoms with E-state index in [9.17, 15) is 9.90 Å². The van der Waals surface area contributed by atoms with Gasteiger partial charge in [0, 0.05) is 13.0 Å². The van der Waals surface area contributed by atoms with Gasteiger partial charge in [-0.3, -0.25) is 4.79 Å². The summed E-state index contributed by atoms with van der Waals surface area (Å²) in [6.45, 7) is 2.87. The van der Waals surface area contributed by atoms with Crippen molar-refractivity contribution in [1.82, 2.24) is 0 Å². The average molecular weight is 174 g/mol. The second-order valence-corrected chi connectivity index (χ2v) is 3.01. The summed E-state index contributed by atoms with van der Waals surface area (Å²) in [6, 6.07) is 0. The SMILES string of the molecule is CCOC(=O)CC1(O)CCOC1. The van der Waals surface area contributed by atoms with Crippen LogP contribution in [0.2, 0.25) is 0 Å². The van der Waals surface area contributed by atoms with Crippen LogP contribution in [-0.2, 0) is 14.3 Å². The number of rotatable bonds is 3. The topological polar surface area (TPSA) is 55.8 Å². The van der Waals surface area contributed by atoms with Crippen molar-refractivity contribution in [3.05, 3.63) is 0 Å². The first-order valence-electron chi connectivity index (χ1n) is 4.12. The average Bonchev–Trinajstić information content (AvgIpc) is 2.36. The lowest BCUT2D eigenvalue weighted by molar-refractivity contribution is -0.148. The van der Waals surface area contributed by atoms with Crippen molar-refractivity contribution in [1.29, 1.82) is 0 Å². The molecule has 0 spiro atoms. The van der Waals surface area contributed by atoms with E-state index in [4.69, 9.17) is 9.47 Å². The van der Waals surface area contributed by atoms with E-state index in [1.54, 1.807) is 6.92 Å². The highest BCUT2D eigenvalue weighted by molar-refractivity contribution is 5.70. The molecule has 0 radical (unpaired) electrons. The molecule has 1 atom stereocenters. The molecule has 0 amide bonds. The molecule has 1 rings (SSSR count). The summed E-state index contributed by atoms with van der Waals surface area (Å²) in [5, 5.41) is 9.66. The monoisotopic (exact) mass is 174 g/mol. The summed E-state index contributed by atoms with van der Waals surface area (Å²) < 4.78 is 9.70. The third-order valence-electron chi connectivity index (χ3n) is 1.86. The van der Waals surface area contributed by atoms with E-state index in [0.717, 1.165) is 0 Å². The summed E-state index contributed by atoms with van der Waals surface area (Å²) in [5.41, 5.74) is -0.980. The van der Waals surface area contributed by atoms with Crippen LogP contribution >= 0.6 is 0 Å². The Morgan fingerprint density at radius 2 is 2.50 bits per heavy atom. The van der Waals surface area contributed by atoms with Crippen LogP contribution < -0.4 is 0 Å². The van der Waals surface area contributed by atoms with E-state index in [1.165, 1.54) is 0 Å². The van der Waals surface area contributed by atoms with Gasteiger partial charge < -0.3 is 14.6 Å². The largest absolute Gasteiger partial charge is 0.466 e. The number of esters is 1. The highest BCUT2D eigenvalue weighted by Gasteiger charge is 2.35. The van der Waals surface area contributed by atoms with Gasteiger partial charge in [0.2, 0.25) is 0 Å². The summed E-state index contributed by atoms with van der Waals surface area (Å²) in [6.07, 6.45) is 0.562. The van der Waals surface area contributed by atoms with Crippen LogP contribution in [0.15, 0.2) is 0 Å². The number of carbonyl (C=O) groups excluding carboxylic acids is 1. The molecule has 0 aliphatic carbocycles. The quantitative estimate of drug-likeness (QED) is 0.616. The standard InChI is InChI=1S/C8H14O4/c1-2-12-7(9)5-8(10)3-4-11-6-8/h10H,2-6H2,1H3. The molecular formula is C8H14O4. The second kappa shape index (κ2) is 3.87. The fourth-order valence-corrected chi connectivity index (χ4v) is 1.22. The Balaban J connectivity index is 2.33. The minimum Gasteiger partial charge on any atom is -0.466 e. The molecule has 0 bridgehead atoms. The maximum absolute atomic E-state index is 11.0. The van der Waals surface area contributed by atoms with E-state index in [-0.39, 0.29) is 19.0 Å². The third kappa shape index (κ3) is 2.46. The van der Waals surface area contributed by atoms with Gasteiger partial charge in [-0.25, -0.2) is 0 Å². The Morgan fingerprint density at radius 1 is 1.75 bits per heavy atom. The molecule has 1 heterocycles. The summed E-state index contributed by atoms with van der Waals surface area (Å²) in [4.78, 5) is 11.0. The maximum atomic E-state index is 11.0. The molecule has 1 saturated heterocycles. The van der Waals surface area contributed by atoms with Crippen LogP contribution in [-0.4, -0.2) is 36.5 Å². The molecule has 1 N–H and O–H groups in total. The van der Waals surface area contributed by atoms with Gasteiger partial charge in [0.15, 0.2) is 0 Å². The Morgan fingerprint density at radius 3 is 3.00 bits per heavy atom. The molecule has 4 heteroatoms. The van der Waals surface area contributed by atoms with Crippen molar-refractivity contribution in [2.75, 3.05) is 19.8 Å². The highest BCUT2D eigenvalue weighted by atomic mass is 16.5. The van der Waals surface area contributed by atoms with Gasteiger partial charge in [-0.15, -0.1) is 0 Å². The predicted octanol–water partition coefficient (Wildman–Crippen LogP) is 0.0910. The number of carbonyl (C=O) groups is 1. The molecule has 1 fully saturated rings. The lowest BCUT2D eigenvalue weighted by Crippen LogP contribution is -2.32. The summed E-state index contributed by atoms with van der Waals surface area (Å²) in [7, 11) is 0. The molecule has 0 aromatic heterocycles. The predicted molar refractivity (Wildman–Crippen MR) is 41.6 cm³/mol. The zero-order valence-corrected chi connectivity index (χ0v) is 7.21. The first-order valence-corrected chi connectivity index (χ1v) is 4.12. The zero-order chi connectivity index (χ0) is 9.03. The Kier molecular flexibility index (Phi) is 3.05. The van der Waals surface area contributed by atoms with E-state index in [1.807, 2.05) is 0 Å². The number of aliphatic hydroxyl groups is 1. The van der Waals surface area contributed by atoms with Crippen molar-refractivity contribution in [3.63, 3.8) is 0 Å². The fourth-order valence-electron chi connectivity index (χ4n) is 1.22.